The second-order valence-electron chi connectivity index (χ2n) is 28.7. The lowest BCUT2D eigenvalue weighted by Crippen LogP contribution is -2.61. The molecular formula is C76H100N24O15S3. The monoisotopic (exact) mass is 1680 g/mol. The van der Waals surface area contributed by atoms with Gasteiger partial charge in [-0.05, 0) is 103 Å². The number of amides is 14. The second-order valence-corrected chi connectivity index (χ2v) is 32.4. The van der Waals surface area contributed by atoms with Crippen molar-refractivity contribution in [3.8, 4) is 0 Å². The summed E-state index contributed by atoms with van der Waals surface area (Å²) in [4.78, 5) is 212. The zero-order chi connectivity index (χ0) is 85.0. The van der Waals surface area contributed by atoms with Crippen molar-refractivity contribution in [2.75, 3.05) is 36.9 Å². The van der Waals surface area contributed by atoms with Gasteiger partial charge in [-0.3, -0.25) is 83.9 Å². The molecule has 1 aliphatic carbocycles. The summed E-state index contributed by atoms with van der Waals surface area (Å²) in [5.74, 6) is -17.2. The number of H-pyrrole nitrogens is 2. The van der Waals surface area contributed by atoms with Crippen LogP contribution in [0.3, 0.4) is 0 Å². The normalized spacial score (nSPS) is 23.4. The van der Waals surface area contributed by atoms with Crippen molar-refractivity contribution in [2.45, 2.75) is 162 Å². The van der Waals surface area contributed by atoms with Crippen LogP contribution in [0.1, 0.15) is 93.7 Å². The number of primary amides is 1. The highest BCUT2D eigenvalue weighted by Crippen LogP contribution is 2.30. The highest BCUT2D eigenvalue weighted by molar-refractivity contribution is 8.76. The average Bonchev–Trinajstić information content (AvgIpc) is 1.64. The summed E-state index contributed by atoms with van der Waals surface area (Å²) in [5, 5.41) is 73.9. The Hall–Kier alpha value is -12.3. The van der Waals surface area contributed by atoms with Crippen LogP contribution in [0.2, 0.25) is 0 Å². The third-order valence-electron chi connectivity index (χ3n) is 19.9. The summed E-state index contributed by atoms with van der Waals surface area (Å²) in [6.45, 7) is -0.128. The van der Waals surface area contributed by atoms with E-state index in [1.807, 2.05) is 18.2 Å². The SMILES string of the molecule is N=C(N)NCCC[C@@H]1NC(=O)NC(=O)[C@@H]2CCSSC[C@H](NC(=O)[C@H](Cc3c[nH]c4ccccc34)NC(=O)[C@H](CC(=O)O)NC1=O)C(=O)N[C@@H](CCCNC(=N)N)C(=O)N[C@@H](Cc1c[nH]c3ccccc13)C(=O)N[C@@H](C1CCCC1)C(=O)N[C@H](C(N)=O)SCC(=O)N[C@@H](Cc1ccc3ccccc3c1)C(=O)N[C@@H](CCCNC(=N)N)C(=O)N2. The minimum absolute atomic E-state index is 0.0110. The number of hydrogen-bond acceptors (Lipinski definition) is 20. The van der Waals surface area contributed by atoms with Crippen LogP contribution in [-0.4, -0.2) is 219 Å². The molecule has 1 saturated carbocycles. The van der Waals surface area contributed by atoms with E-state index in [-0.39, 0.29) is 89.6 Å². The Labute approximate surface area is 689 Å². The first kappa shape index (κ1) is 89.6. The van der Waals surface area contributed by atoms with Gasteiger partial charge in [0.05, 0.1) is 12.2 Å². The fourth-order valence-corrected chi connectivity index (χ4v) is 16.9. The molecule has 11 atom stereocenters. The minimum atomic E-state index is -2.03. The Kier molecular flexibility index (Phi) is 33.5. The molecular weight excluding hydrogens is 1590 g/mol. The fraction of sp³-hybridized carbons (Fsp3) is 0.434. The van der Waals surface area contributed by atoms with Crippen LogP contribution in [-0.2, 0) is 81.6 Å². The molecule has 6 aromatic rings. The van der Waals surface area contributed by atoms with E-state index in [4.69, 9.17) is 39.2 Å². The number of aromatic nitrogens is 2. The molecule has 3 aliphatic rings. The van der Waals surface area contributed by atoms with Crippen molar-refractivity contribution in [2.24, 2.45) is 28.9 Å². The number of guanidine groups is 3. The number of aliphatic carboxylic acids is 1. The quantitative estimate of drug-likeness (QED) is 0.0156. The third-order valence-corrected chi connectivity index (χ3v) is 23.5. The van der Waals surface area contributed by atoms with Crippen LogP contribution in [0.15, 0.2) is 103 Å². The van der Waals surface area contributed by atoms with E-state index in [1.54, 1.807) is 85.2 Å². The minimum Gasteiger partial charge on any atom is -0.481 e. The number of urea groups is 1. The van der Waals surface area contributed by atoms with Crippen molar-refractivity contribution in [3.63, 3.8) is 0 Å². The number of thioether (sulfide) groups is 1. The number of rotatable bonds is 22. The maximum atomic E-state index is 15.5. The predicted octanol–water partition coefficient (Wildman–Crippen LogP) is -1.70. The van der Waals surface area contributed by atoms with Gasteiger partial charge >= 0.3 is 12.0 Å². The van der Waals surface area contributed by atoms with Gasteiger partial charge in [-0.2, -0.15) is 0 Å². The van der Waals surface area contributed by atoms with Crippen LogP contribution in [0.4, 0.5) is 4.79 Å². The fourth-order valence-electron chi connectivity index (χ4n) is 13.9. The summed E-state index contributed by atoms with van der Waals surface area (Å²) in [5.41, 5.74) is 25.5. The van der Waals surface area contributed by atoms with Gasteiger partial charge in [0.25, 0.3) is 11.8 Å². The maximum absolute atomic E-state index is 15.5. The van der Waals surface area contributed by atoms with Crippen LogP contribution < -0.4 is 103 Å². The van der Waals surface area contributed by atoms with Crippen molar-refractivity contribution >= 4 is 167 Å². The molecule has 3 fully saturated rings. The van der Waals surface area contributed by atoms with Gasteiger partial charge in [0.15, 0.2) is 23.3 Å². The van der Waals surface area contributed by atoms with E-state index >= 15 is 28.8 Å². The number of imide groups is 1. The van der Waals surface area contributed by atoms with E-state index in [0.29, 0.717) is 75.9 Å². The van der Waals surface area contributed by atoms with E-state index in [0.717, 1.165) is 32.4 Å². The van der Waals surface area contributed by atoms with Crippen molar-refractivity contribution in [1.82, 2.24) is 89.7 Å². The lowest BCUT2D eigenvalue weighted by Gasteiger charge is -2.29. The molecule has 0 radical (unpaired) electrons. The summed E-state index contributed by atoms with van der Waals surface area (Å²) in [6, 6.07) is 8.64. The van der Waals surface area contributed by atoms with E-state index in [2.05, 4.69) is 89.7 Å². The van der Waals surface area contributed by atoms with Gasteiger partial charge in [-0.25, -0.2) is 4.79 Å². The molecule has 42 heteroatoms. The highest BCUT2D eigenvalue weighted by atomic mass is 33.1. The molecule has 14 amide bonds. The van der Waals surface area contributed by atoms with Crippen molar-refractivity contribution in [1.29, 1.82) is 16.2 Å². The number of benzene rings is 4. The Morgan fingerprint density at radius 2 is 0.924 bits per heavy atom. The molecule has 29 N–H and O–H groups in total. The van der Waals surface area contributed by atoms with E-state index in [9.17, 15) is 43.5 Å². The molecule has 632 valence electrons. The van der Waals surface area contributed by atoms with Gasteiger partial charge in [0, 0.05) is 84.6 Å². The van der Waals surface area contributed by atoms with Crippen LogP contribution in [0, 0.1) is 22.1 Å². The number of carbonyl (C=O) groups excluding carboxylic acids is 13. The standard InChI is InChI=1S/C76H100N24O15S3/c77-61(104)72-99-71(114)60(41-13-2-3-14-41)98-69(112)55(33-44-36-88-48-19-8-6-17-46(44)48)93-63(106)50(21-10-27-85-74(80)81)91-70(113)57-37-118-117-29-25-52(92-62(105)49(20-9-26-84-73(78)79)90-66(109)53(89-58(101)38-116-72)31-39-23-24-40-12-1-4-15-42(40)30-39)65(108)100-76(115)97-51(22-11-28-86-75(82)83)64(107)95-56(34-59(102)103)68(111)94-54(67(110)96-57)32-43-35-87-47-18-7-5-16-45(43)47/h1,4-8,12,15-19,23-24,30,35-36,41,49-57,60,72,87-88H,2-3,9-11,13-14,20-22,25-29,31-34,37-38H2,(H2,77,104)(H,89,101)(H,90,109)(H,91,113)(H,92,105)(H,93,106)(H,94,111)(H,95,107)(H,96,110)(H,98,112)(H,99,114)(H,102,103)(H4,78,79,84)(H4,80,81,85)(H4,82,83,86)(H2,97,100,108,115)/t49-,50-,51-,52-,53-,54-,55-,56-,57-,60-,72-/m0/s1. The highest BCUT2D eigenvalue weighted by Gasteiger charge is 2.40. The summed E-state index contributed by atoms with van der Waals surface area (Å²) in [6.07, 6.45) is 2.15. The number of hydrogen-bond donors (Lipinski definition) is 25. The topological polar surface area (TPSA) is 647 Å². The Bertz CT molecular complexity index is 4690. The number of carboxylic acid groups (broad SMARTS) is 1. The number of fused-ring (bicyclic) bond motifs is 9. The number of carbonyl (C=O) groups is 14. The first-order chi connectivity index (χ1) is 56.5. The molecule has 2 bridgehead atoms. The molecule has 2 saturated heterocycles. The molecule has 2 aliphatic heterocycles. The Morgan fingerprint density at radius 1 is 0.458 bits per heavy atom. The zero-order valence-corrected chi connectivity index (χ0v) is 66.7. The summed E-state index contributed by atoms with van der Waals surface area (Å²) >= 11 is 0.582. The van der Waals surface area contributed by atoms with Gasteiger partial charge in [0.1, 0.15) is 60.4 Å². The molecule has 9 rings (SSSR count). The average molecular weight is 1690 g/mol. The lowest BCUT2D eigenvalue weighted by molar-refractivity contribution is -0.141. The van der Waals surface area contributed by atoms with Crippen LogP contribution in [0.25, 0.3) is 32.6 Å². The predicted molar refractivity (Wildman–Crippen MR) is 444 cm³/mol. The molecule has 4 aromatic carbocycles. The van der Waals surface area contributed by atoms with Crippen molar-refractivity contribution in [3.05, 3.63) is 120 Å². The molecule has 2 aromatic heterocycles. The first-order valence-electron chi connectivity index (χ1n) is 38.4. The molecule has 4 heterocycles. The van der Waals surface area contributed by atoms with Crippen molar-refractivity contribution < 1.29 is 72.2 Å². The van der Waals surface area contributed by atoms with E-state index in [1.165, 1.54) is 0 Å². The molecule has 0 spiro atoms. The van der Waals surface area contributed by atoms with Gasteiger partial charge < -0.3 is 112 Å². The lowest BCUT2D eigenvalue weighted by atomic mass is 9.96. The molecule has 0 unspecified atom stereocenters. The number of nitrogens with one attached hydrogen (secondary N) is 20. The zero-order valence-electron chi connectivity index (χ0n) is 64.3. The number of aromatic amines is 2. The van der Waals surface area contributed by atoms with Crippen LogP contribution in [0.5, 0.6) is 0 Å². The number of para-hydroxylation sites is 2. The number of nitrogens with two attached hydrogens (primary N) is 4. The second kappa shape index (κ2) is 44.1. The Balaban J connectivity index is 1.16. The largest absolute Gasteiger partial charge is 0.481 e. The molecule has 39 nitrogen and oxygen atoms in total. The number of carboxylic acids is 1. The Morgan fingerprint density at radius 3 is 1.48 bits per heavy atom. The first-order valence-corrected chi connectivity index (χ1v) is 41.9. The maximum Gasteiger partial charge on any atom is 0.322 e. The summed E-state index contributed by atoms with van der Waals surface area (Å²) < 4.78 is 0. The van der Waals surface area contributed by atoms with Crippen LogP contribution >= 0.6 is 33.3 Å². The smallest absolute Gasteiger partial charge is 0.322 e. The molecule has 118 heavy (non-hydrogen) atoms. The third kappa shape index (κ3) is 27.1. The van der Waals surface area contributed by atoms with Gasteiger partial charge in [-0.15, -0.1) is 11.8 Å². The summed E-state index contributed by atoms with van der Waals surface area (Å²) in [7, 11) is 1.92. The van der Waals surface area contributed by atoms with Gasteiger partial charge in [0.2, 0.25) is 59.1 Å². The van der Waals surface area contributed by atoms with E-state index < -0.39 is 190 Å². The van der Waals surface area contributed by atoms with Gasteiger partial charge in [-0.1, -0.05) is 113 Å².